The van der Waals surface area contributed by atoms with Crippen molar-refractivity contribution in [3.05, 3.63) is 22.4 Å². The van der Waals surface area contributed by atoms with Crippen LogP contribution in [0.4, 0.5) is 0 Å². The molecular weight excluding hydrogens is 382 g/mol. The number of sulfonamides is 1. The lowest BCUT2D eigenvalue weighted by Crippen LogP contribution is -2.57. The van der Waals surface area contributed by atoms with Crippen LogP contribution in [-0.2, 0) is 21.2 Å². The second-order valence-corrected chi connectivity index (χ2v) is 10.8. The number of thiophene rings is 1. The summed E-state index contributed by atoms with van der Waals surface area (Å²) in [6.07, 6.45) is 3.89. The first-order chi connectivity index (χ1) is 12.9. The molecule has 2 aliphatic rings. The van der Waals surface area contributed by atoms with E-state index in [-0.39, 0.29) is 17.7 Å². The van der Waals surface area contributed by atoms with Crippen molar-refractivity contribution in [2.24, 2.45) is 0 Å². The summed E-state index contributed by atoms with van der Waals surface area (Å²) < 4.78 is 27.6. The maximum Gasteiger partial charge on any atom is 0.240 e. The third kappa shape index (κ3) is 5.53. The number of nitrogens with one attached hydrogen (secondary N) is 1. The van der Waals surface area contributed by atoms with Gasteiger partial charge in [0.1, 0.15) is 6.04 Å². The van der Waals surface area contributed by atoms with Gasteiger partial charge in [0, 0.05) is 36.6 Å². The predicted octanol–water partition coefficient (Wildman–Crippen LogP) is 2.07. The number of rotatable bonds is 7. The van der Waals surface area contributed by atoms with E-state index in [1.165, 1.54) is 0 Å². The normalized spacial score (nSPS) is 23.3. The summed E-state index contributed by atoms with van der Waals surface area (Å²) in [5, 5.41) is 1.95. The summed E-state index contributed by atoms with van der Waals surface area (Å²) in [6, 6.07) is 4.04. The molecule has 27 heavy (non-hydrogen) atoms. The van der Waals surface area contributed by atoms with E-state index in [4.69, 9.17) is 0 Å². The fraction of sp³-hybridized carbons (Fsp3) is 0.737. The Kier molecular flexibility index (Phi) is 6.94. The lowest BCUT2D eigenvalue weighted by atomic mass is 9.97. The number of nitrogens with zero attached hydrogens (tertiary/aromatic N) is 2. The third-order valence-electron chi connectivity index (χ3n) is 5.66. The van der Waals surface area contributed by atoms with E-state index in [1.807, 2.05) is 22.4 Å². The minimum atomic E-state index is -3.46. The minimum absolute atomic E-state index is 0.0318. The van der Waals surface area contributed by atoms with Gasteiger partial charge in [-0.15, -0.1) is 11.3 Å². The molecule has 1 amide bonds. The van der Waals surface area contributed by atoms with Gasteiger partial charge in [-0.25, -0.2) is 13.1 Å². The molecule has 0 saturated carbocycles. The number of hydrogen-bond acceptors (Lipinski definition) is 5. The first kappa shape index (κ1) is 20.8. The monoisotopic (exact) mass is 413 g/mol. The highest BCUT2D eigenvalue weighted by Gasteiger charge is 2.36. The van der Waals surface area contributed by atoms with E-state index in [2.05, 4.69) is 23.5 Å². The number of amides is 1. The summed E-state index contributed by atoms with van der Waals surface area (Å²) in [5.74, 6) is -0.00620. The minimum Gasteiger partial charge on any atom is -0.338 e. The average Bonchev–Trinajstić information content (AvgIpc) is 3.16. The largest absolute Gasteiger partial charge is 0.338 e. The fourth-order valence-corrected chi connectivity index (χ4v) is 6.15. The predicted molar refractivity (Wildman–Crippen MR) is 109 cm³/mol. The Bertz CT molecular complexity index is 711. The molecule has 0 radical (unpaired) electrons. The van der Waals surface area contributed by atoms with E-state index in [0.717, 1.165) is 43.8 Å². The molecule has 0 aliphatic carbocycles. The number of aryl methyl sites for hydroxylation is 1. The van der Waals surface area contributed by atoms with Gasteiger partial charge in [0.05, 0.1) is 5.75 Å². The molecule has 2 fully saturated rings. The van der Waals surface area contributed by atoms with Gasteiger partial charge in [0.2, 0.25) is 15.9 Å². The highest BCUT2D eigenvalue weighted by atomic mass is 32.2. The first-order valence-electron chi connectivity index (χ1n) is 9.92. The van der Waals surface area contributed by atoms with Gasteiger partial charge >= 0.3 is 0 Å². The molecule has 8 heteroatoms. The van der Waals surface area contributed by atoms with Crippen LogP contribution in [-0.4, -0.2) is 67.6 Å². The fourth-order valence-electron chi connectivity index (χ4n) is 4.05. The standard InChI is InChI=1S/C19H31N3O3S2/c1-15(2)21-11-7-16(8-12-21)22-10-3-6-18(19(22)23)20-27(24,25)14-9-17-5-4-13-26-17/h4-5,13,15-16,18,20H,3,6-12,14H2,1-2H3/t18-/m0/s1. The zero-order valence-electron chi connectivity index (χ0n) is 16.3. The molecule has 6 nitrogen and oxygen atoms in total. The smallest absolute Gasteiger partial charge is 0.240 e. The molecule has 152 valence electrons. The van der Waals surface area contributed by atoms with Gasteiger partial charge < -0.3 is 9.80 Å². The maximum atomic E-state index is 12.9. The van der Waals surface area contributed by atoms with E-state index >= 15 is 0 Å². The van der Waals surface area contributed by atoms with Gasteiger partial charge in [-0.05, 0) is 57.4 Å². The van der Waals surface area contributed by atoms with Crippen LogP contribution in [0.5, 0.6) is 0 Å². The van der Waals surface area contributed by atoms with Crippen LogP contribution in [0.2, 0.25) is 0 Å². The van der Waals surface area contributed by atoms with Crippen molar-refractivity contribution < 1.29 is 13.2 Å². The Morgan fingerprint density at radius 2 is 1.96 bits per heavy atom. The highest BCUT2D eigenvalue weighted by molar-refractivity contribution is 7.89. The molecule has 3 rings (SSSR count). The lowest BCUT2D eigenvalue weighted by molar-refractivity contribution is -0.139. The maximum absolute atomic E-state index is 12.9. The topological polar surface area (TPSA) is 69.7 Å². The molecular formula is C19H31N3O3S2. The van der Waals surface area contributed by atoms with E-state index in [0.29, 0.717) is 18.9 Å². The number of carbonyl (C=O) groups is 1. The van der Waals surface area contributed by atoms with Crippen molar-refractivity contribution in [2.45, 2.75) is 64.1 Å². The molecule has 0 spiro atoms. The van der Waals surface area contributed by atoms with Crippen LogP contribution in [0.1, 0.15) is 44.4 Å². The van der Waals surface area contributed by atoms with Crippen LogP contribution in [0.3, 0.4) is 0 Å². The van der Waals surface area contributed by atoms with Crippen molar-refractivity contribution in [2.75, 3.05) is 25.4 Å². The average molecular weight is 414 g/mol. The van der Waals surface area contributed by atoms with Crippen LogP contribution < -0.4 is 4.72 Å². The second-order valence-electron chi connectivity index (χ2n) is 7.85. The number of carbonyl (C=O) groups excluding carboxylic acids is 1. The Hall–Kier alpha value is -0.960. The SMILES string of the molecule is CC(C)N1CCC(N2CCC[C@H](NS(=O)(=O)CCc3cccs3)C2=O)CC1. The molecule has 0 unspecified atom stereocenters. The van der Waals surface area contributed by atoms with Crippen molar-refractivity contribution in [3.8, 4) is 0 Å². The number of likely N-dealkylation sites (tertiary alicyclic amines) is 2. The van der Waals surface area contributed by atoms with Gasteiger partial charge in [-0.1, -0.05) is 6.07 Å². The molecule has 1 aromatic rings. The Morgan fingerprint density at radius 1 is 1.22 bits per heavy atom. The van der Waals surface area contributed by atoms with Gasteiger partial charge in [-0.2, -0.15) is 0 Å². The van der Waals surface area contributed by atoms with Crippen molar-refractivity contribution in [1.29, 1.82) is 0 Å². The Balaban J connectivity index is 1.55. The Labute approximate surface area is 167 Å². The summed E-state index contributed by atoms with van der Waals surface area (Å²) >= 11 is 1.56. The zero-order valence-corrected chi connectivity index (χ0v) is 17.9. The van der Waals surface area contributed by atoms with Crippen LogP contribution >= 0.6 is 11.3 Å². The summed E-state index contributed by atoms with van der Waals surface area (Å²) in [6.45, 7) is 7.16. The lowest BCUT2D eigenvalue weighted by Gasteiger charge is -2.43. The number of piperidine rings is 2. The molecule has 2 saturated heterocycles. The van der Waals surface area contributed by atoms with Gasteiger partial charge in [0.15, 0.2) is 0 Å². The molecule has 0 bridgehead atoms. The second kappa shape index (κ2) is 9.03. The van der Waals surface area contributed by atoms with E-state index in [9.17, 15) is 13.2 Å². The number of hydrogen-bond donors (Lipinski definition) is 1. The molecule has 1 atom stereocenters. The van der Waals surface area contributed by atoms with Gasteiger partial charge in [-0.3, -0.25) is 4.79 Å². The highest BCUT2D eigenvalue weighted by Crippen LogP contribution is 2.23. The van der Waals surface area contributed by atoms with Crippen LogP contribution in [0.25, 0.3) is 0 Å². The van der Waals surface area contributed by atoms with Crippen LogP contribution in [0.15, 0.2) is 17.5 Å². The van der Waals surface area contributed by atoms with Crippen molar-refractivity contribution >= 4 is 27.3 Å². The molecule has 1 N–H and O–H groups in total. The van der Waals surface area contributed by atoms with Gasteiger partial charge in [0.25, 0.3) is 0 Å². The van der Waals surface area contributed by atoms with E-state index < -0.39 is 16.1 Å². The molecule has 1 aromatic heterocycles. The summed E-state index contributed by atoms with van der Waals surface area (Å²) in [7, 11) is -3.46. The zero-order chi connectivity index (χ0) is 19.4. The molecule has 2 aliphatic heterocycles. The first-order valence-corrected chi connectivity index (χ1v) is 12.5. The van der Waals surface area contributed by atoms with Crippen molar-refractivity contribution in [3.63, 3.8) is 0 Å². The summed E-state index contributed by atoms with van der Waals surface area (Å²) in [4.78, 5) is 18.4. The van der Waals surface area contributed by atoms with E-state index in [1.54, 1.807) is 11.3 Å². The summed E-state index contributed by atoms with van der Waals surface area (Å²) in [5.41, 5.74) is 0. The van der Waals surface area contributed by atoms with Crippen molar-refractivity contribution in [1.82, 2.24) is 14.5 Å². The third-order valence-corrected chi connectivity index (χ3v) is 7.98. The molecule has 3 heterocycles. The quantitative estimate of drug-likeness (QED) is 0.743. The molecule has 0 aromatic carbocycles. The van der Waals surface area contributed by atoms with Crippen LogP contribution in [0, 0.1) is 0 Å². The Morgan fingerprint density at radius 3 is 2.59 bits per heavy atom.